The number of ether oxygens (including phenoxy) is 2. The summed E-state index contributed by atoms with van der Waals surface area (Å²) in [4.78, 5) is 0. The monoisotopic (exact) mass is 195 g/mol. The minimum atomic E-state index is -0.401. The highest BCUT2D eigenvalue weighted by Gasteiger charge is 2.20. The van der Waals surface area contributed by atoms with E-state index in [4.69, 9.17) is 15.2 Å². The van der Waals surface area contributed by atoms with Crippen LogP contribution in [0.2, 0.25) is 0 Å². The van der Waals surface area contributed by atoms with Crippen LogP contribution in [-0.2, 0) is 0 Å². The van der Waals surface area contributed by atoms with Crippen molar-refractivity contribution in [2.45, 2.75) is 0 Å². The van der Waals surface area contributed by atoms with Crippen LogP contribution in [0.15, 0.2) is 18.2 Å². The number of halogens is 1. The summed E-state index contributed by atoms with van der Waals surface area (Å²) in [5.41, 5.74) is 6.10. The van der Waals surface area contributed by atoms with Gasteiger partial charge in [0.1, 0.15) is 0 Å². The first-order valence-electron chi connectivity index (χ1n) is 4.27. The maximum atomic E-state index is 13.1. The summed E-state index contributed by atoms with van der Waals surface area (Å²) < 4.78 is 23.3. The SMILES string of the molecule is NC/C=C/c1ccc(F)c2c1OCO2. The molecule has 0 bridgehead atoms. The molecule has 2 N–H and O–H groups in total. The first-order chi connectivity index (χ1) is 6.83. The van der Waals surface area contributed by atoms with Crippen molar-refractivity contribution >= 4 is 6.08 Å². The van der Waals surface area contributed by atoms with Crippen LogP contribution in [0.25, 0.3) is 6.08 Å². The predicted molar refractivity (Wildman–Crippen MR) is 50.6 cm³/mol. The Bertz CT molecular complexity index is 377. The van der Waals surface area contributed by atoms with Crippen LogP contribution in [0.3, 0.4) is 0 Å². The van der Waals surface area contributed by atoms with Gasteiger partial charge in [-0.2, -0.15) is 0 Å². The molecule has 1 aliphatic heterocycles. The van der Waals surface area contributed by atoms with Crippen molar-refractivity contribution in [2.75, 3.05) is 13.3 Å². The molecule has 0 spiro atoms. The lowest BCUT2D eigenvalue weighted by Gasteiger charge is -2.01. The fourth-order valence-corrected chi connectivity index (χ4v) is 1.31. The molecule has 74 valence electrons. The zero-order valence-electron chi connectivity index (χ0n) is 7.50. The van der Waals surface area contributed by atoms with E-state index in [1.165, 1.54) is 6.07 Å². The van der Waals surface area contributed by atoms with Crippen LogP contribution in [0.5, 0.6) is 11.5 Å². The zero-order valence-corrected chi connectivity index (χ0v) is 7.50. The highest BCUT2D eigenvalue weighted by atomic mass is 19.1. The fourth-order valence-electron chi connectivity index (χ4n) is 1.31. The molecular formula is C10H10FNO2. The zero-order chi connectivity index (χ0) is 9.97. The summed E-state index contributed by atoms with van der Waals surface area (Å²) in [6, 6.07) is 2.98. The van der Waals surface area contributed by atoms with Crippen molar-refractivity contribution in [1.29, 1.82) is 0 Å². The third-order valence-corrected chi connectivity index (χ3v) is 1.93. The highest BCUT2D eigenvalue weighted by molar-refractivity contribution is 5.63. The highest BCUT2D eigenvalue weighted by Crippen LogP contribution is 2.38. The van der Waals surface area contributed by atoms with Gasteiger partial charge in [0.15, 0.2) is 11.6 Å². The van der Waals surface area contributed by atoms with E-state index in [1.54, 1.807) is 18.2 Å². The third-order valence-electron chi connectivity index (χ3n) is 1.93. The number of hydrogen-bond donors (Lipinski definition) is 1. The molecule has 1 aromatic carbocycles. The Morgan fingerprint density at radius 2 is 2.14 bits per heavy atom. The Morgan fingerprint density at radius 3 is 2.93 bits per heavy atom. The quantitative estimate of drug-likeness (QED) is 0.778. The Morgan fingerprint density at radius 1 is 1.36 bits per heavy atom. The number of nitrogens with two attached hydrogens (primary N) is 1. The minimum absolute atomic E-state index is 0.0692. The van der Waals surface area contributed by atoms with Gasteiger partial charge in [0.25, 0.3) is 0 Å². The van der Waals surface area contributed by atoms with Gasteiger partial charge in [0.05, 0.1) is 0 Å². The Balaban J connectivity index is 2.43. The minimum Gasteiger partial charge on any atom is -0.453 e. The Kier molecular flexibility index (Phi) is 2.37. The predicted octanol–water partition coefficient (Wildman–Crippen LogP) is 1.53. The van der Waals surface area contributed by atoms with Gasteiger partial charge in [-0.3, -0.25) is 0 Å². The number of rotatable bonds is 2. The maximum absolute atomic E-state index is 13.1. The summed E-state index contributed by atoms with van der Waals surface area (Å²) in [6.07, 6.45) is 3.56. The molecule has 2 rings (SSSR count). The second-order valence-electron chi connectivity index (χ2n) is 2.84. The van der Waals surface area contributed by atoms with E-state index >= 15 is 0 Å². The van der Waals surface area contributed by atoms with E-state index in [0.717, 1.165) is 5.56 Å². The van der Waals surface area contributed by atoms with E-state index in [2.05, 4.69) is 0 Å². The molecule has 3 nitrogen and oxygen atoms in total. The molecule has 0 saturated heterocycles. The number of fused-ring (bicyclic) bond motifs is 1. The van der Waals surface area contributed by atoms with Crippen molar-refractivity contribution in [1.82, 2.24) is 0 Å². The van der Waals surface area contributed by atoms with Crippen molar-refractivity contribution in [3.63, 3.8) is 0 Å². The standard InChI is InChI=1S/C10H10FNO2/c11-8-4-3-7(2-1-5-12)9-10(8)14-6-13-9/h1-4H,5-6,12H2/b2-1+. The van der Waals surface area contributed by atoms with E-state index < -0.39 is 5.82 Å². The molecule has 0 radical (unpaired) electrons. The van der Waals surface area contributed by atoms with Crippen molar-refractivity contribution in [3.8, 4) is 11.5 Å². The van der Waals surface area contributed by atoms with Gasteiger partial charge in [-0.1, -0.05) is 12.2 Å². The summed E-state index contributed by atoms with van der Waals surface area (Å²) >= 11 is 0. The smallest absolute Gasteiger partial charge is 0.231 e. The molecular weight excluding hydrogens is 185 g/mol. The van der Waals surface area contributed by atoms with Gasteiger partial charge >= 0.3 is 0 Å². The molecule has 0 aliphatic carbocycles. The lowest BCUT2D eigenvalue weighted by Crippen LogP contribution is -1.94. The normalized spacial score (nSPS) is 13.9. The molecule has 0 aromatic heterocycles. The van der Waals surface area contributed by atoms with Crippen LogP contribution in [0.1, 0.15) is 5.56 Å². The average Bonchev–Trinajstić information content (AvgIpc) is 2.66. The maximum Gasteiger partial charge on any atom is 0.231 e. The lowest BCUT2D eigenvalue weighted by molar-refractivity contribution is 0.170. The average molecular weight is 195 g/mol. The van der Waals surface area contributed by atoms with Gasteiger partial charge in [-0.25, -0.2) is 4.39 Å². The van der Waals surface area contributed by atoms with Crippen LogP contribution < -0.4 is 15.2 Å². The van der Waals surface area contributed by atoms with Gasteiger partial charge in [-0.15, -0.1) is 0 Å². The van der Waals surface area contributed by atoms with Crippen molar-refractivity contribution in [2.24, 2.45) is 5.73 Å². The summed E-state index contributed by atoms with van der Waals surface area (Å²) in [5.74, 6) is 0.237. The lowest BCUT2D eigenvalue weighted by atomic mass is 10.1. The summed E-state index contributed by atoms with van der Waals surface area (Å²) in [5, 5.41) is 0. The van der Waals surface area contributed by atoms with Gasteiger partial charge in [0.2, 0.25) is 12.5 Å². The molecule has 0 atom stereocenters. The molecule has 0 saturated carbocycles. The van der Waals surface area contributed by atoms with Gasteiger partial charge < -0.3 is 15.2 Å². The fraction of sp³-hybridized carbons (Fsp3) is 0.200. The second kappa shape index (κ2) is 3.67. The number of hydrogen-bond acceptors (Lipinski definition) is 3. The van der Waals surface area contributed by atoms with Crippen molar-refractivity contribution < 1.29 is 13.9 Å². The molecule has 4 heteroatoms. The van der Waals surface area contributed by atoms with Gasteiger partial charge in [-0.05, 0) is 12.1 Å². The molecule has 1 aliphatic rings. The van der Waals surface area contributed by atoms with Crippen LogP contribution in [-0.4, -0.2) is 13.3 Å². The molecule has 1 heterocycles. The Labute approximate surface area is 80.9 Å². The molecule has 0 unspecified atom stereocenters. The van der Waals surface area contributed by atoms with Crippen LogP contribution >= 0.6 is 0 Å². The first kappa shape index (κ1) is 9.02. The molecule has 1 aromatic rings. The van der Waals surface area contributed by atoms with Gasteiger partial charge in [0, 0.05) is 12.1 Å². The third kappa shape index (κ3) is 1.44. The van der Waals surface area contributed by atoms with E-state index in [0.29, 0.717) is 12.3 Å². The second-order valence-corrected chi connectivity index (χ2v) is 2.84. The Hall–Kier alpha value is -1.55. The summed E-state index contributed by atoms with van der Waals surface area (Å²) in [6.45, 7) is 0.507. The van der Waals surface area contributed by atoms with E-state index in [9.17, 15) is 4.39 Å². The molecule has 0 amide bonds. The molecule has 14 heavy (non-hydrogen) atoms. The van der Waals surface area contributed by atoms with Crippen LogP contribution in [0, 0.1) is 5.82 Å². The summed E-state index contributed by atoms with van der Waals surface area (Å²) in [7, 11) is 0. The molecule has 0 fully saturated rings. The van der Waals surface area contributed by atoms with Crippen LogP contribution in [0.4, 0.5) is 4.39 Å². The number of benzene rings is 1. The topological polar surface area (TPSA) is 44.5 Å². The van der Waals surface area contributed by atoms with Crippen molar-refractivity contribution in [3.05, 3.63) is 29.6 Å². The first-order valence-corrected chi connectivity index (χ1v) is 4.27. The van der Waals surface area contributed by atoms with E-state index in [1.807, 2.05) is 0 Å². The van der Waals surface area contributed by atoms with E-state index in [-0.39, 0.29) is 12.5 Å². The largest absolute Gasteiger partial charge is 0.453 e.